The summed E-state index contributed by atoms with van der Waals surface area (Å²) in [7, 11) is 3.08. The van der Waals surface area contributed by atoms with Crippen LogP contribution in [0.1, 0.15) is 32.5 Å². The van der Waals surface area contributed by atoms with Crippen molar-refractivity contribution < 1.29 is 28.9 Å². The Morgan fingerprint density at radius 3 is 2.50 bits per heavy atom. The maximum atomic E-state index is 14.4. The Bertz CT molecular complexity index is 1160. The number of nitrogens with one attached hydrogen (secondary N) is 1. The van der Waals surface area contributed by atoms with E-state index in [1.54, 1.807) is 17.7 Å². The third kappa shape index (κ3) is 3.81. The first-order valence-corrected chi connectivity index (χ1v) is 9.41. The van der Waals surface area contributed by atoms with E-state index >= 15 is 0 Å². The first-order chi connectivity index (χ1) is 14.2. The number of hydrogen-bond donors (Lipinski definition) is 3. The summed E-state index contributed by atoms with van der Waals surface area (Å²) >= 11 is 12.5. The van der Waals surface area contributed by atoms with Crippen LogP contribution in [0.15, 0.2) is 30.3 Å². The molecule has 1 heterocycles. The van der Waals surface area contributed by atoms with E-state index in [2.05, 4.69) is 5.32 Å². The Morgan fingerprint density at radius 2 is 1.93 bits per heavy atom. The van der Waals surface area contributed by atoms with Crippen molar-refractivity contribution in [2.75, 3.05) is 13.7 Å². The smallest absolute Gasteiger partial charge is 0.335 e. The van der Waals surface area contributed by atoms with Gasteiger partial charge in [0.05, 0.1) is 35.9 Å². The fraction of sp³-hybridized carbons (Fsp3) is 0.200. The minimum Gasteiger partial charge on any atom is -0.495 e. The van der Waals surface area contributed by atoms with Crippen LogP contribution in [0.25, 0.3) is 10.9 Å². The lowest BCUT2D eigenvalue weighted by Crippen LogP contribution is -2.32. The first-order valence-electron chi connectivity index (χ1n) is 8.65. The largest absolute Gasteiger partial charge is 0.495 e. The number of aromatic carboxylic acids is 1. The van der Waals surface area contributed by atoms with Crippen molar-refractivity contribution in [1.29, 1.82) is 0 Å². The summed E-state index contributed by atoms with van der Waals surface area (Å²) in [5.74, 6) is -2.39. The summed E-state index contributed by atoms with van der Waals surface area (Å²) in [6.45, 7) is -0.598. The summed E-state index contributed by atoms with van der Waals surface area (Å²) in [6, 6.07) is 5.30. The zero-order chi connectivity index (χ0) is 22.2. The number of aryl methyl sites for hydroxylation is 1. The SMILES string of the molecule is COc1cc2c(cc(C(=O)N[C@H](CO)c3ccc(C(=O)O)cc3F)n2C)c(Cl)c1Cl. The molecule has 1 atom stereocenters. The number of carbonyl (C=O) groups excluding carboxylic acids is 1. The molecule has 0 aliphatic heterocycles. The average molecular weight is 455 g/mol. The molecule has 0 unspecified atom stereocenters. The van der Waals surface area contributed by atoms with Gasteiger partial charge in [-0.3, -0.25) is 4.79 Å². The predicted molar refractivity (Wildman–Crippen MR) is 110 cm³/mol. The molecule has 0 aliphatic carbocycles. The molecule has 10 heteroatoms. The van der Waals surface area contributed by atoms with E-state index in [4.69, 9.17) is 33.0 Å². The van der Waals surface area contributed by atoms with Gasteiger partial charge in [0, 0.05) is 24.1 Å². The number of halogens is 3. The van der Waals surface area contributed by atoms with Crippen molar-refractivity contribution in [3.63, 3.8) is 0 Å². The normalized spacial score (nSPS) is 12.1. The molecule has 7 nitrogen and oxygen atoms in total. The second-order valence-electron chi connectivity index (χ2n) is 6.48. The topological polar surface area (TPSA) is 101 Å². The van der Waals surface area contributed by atoms with E-state index in [0.717, 1.165) is 6.07 Å². The number of rotatable bonds is 6. The number of aromatic nitrogens is 1. The molecule has 0 aliphatic rings. The Kier molecular flexibility index (Phi) is 6.21. The summed E-state index contributed by atoms with van der Waals surface area (Å²) in [5.41, 5.74) is 0.493. The van der Waals surface area contributed by atoms with Crippen LogP contribution >= 0.6 is 23.2 Å². The molecule has 3 N–H and O–H groups in total. The van der Waals surface area contributed by atoms with Gasteiger partial charge in [0.15, 0.2) is 0 Å². The van der Waals surface area contributed by atoms with Crippen LogP contribution in [0.3, 0.4) is 0 Å². The number of aliphatic hydroxyl groups is 1. The lowest BCUT2D eigenvalue weighted by Gasteiger charge is -2.18. The Balaban J connectivity index is 1.96. The van der Waals surface area contributed by atoms with Crippen molar-refractivity contribution in [2.45, 2.75) is 6.04 Å². The van der Waals surface area contributed by atoms with Crippen molar-refractivity contribution in [3.8, 4) is 5.75 Å². The van der Waals surface area contributed by atoms with Crippen molar-refractivity contribution in [2.24, 2.45) is 7.05 Å². The molecule has 3 rings (SSSR count). The Morgan fingerprint density at radius 1 is 1.23 bits per heavy atom. The number of ether oxygens (including phenoxy) is 1. The van der Waals surface area contributed by atoms with Crippen LogP contribution in [0, 0.1) is 5.82 Å². The van der Waals surface area contributed by atoms with E-state index in [-0.39, 0.29) is 26.9 Å². The second kappa shape index (κ2) is 8.51. The zero-order valence-electron chi connectivity index (χ0n) is 15.9. The third-order valence-electron chi connectivity index (χ3n) is 4.76. The molecule has 0 saturated carbocycles. The summed E-state index contributed by atoms with van der Waals surface area (Å²) in [5, 5.41) is 22.1. The molecule has 3 aromatic rings. The fourth-order valence-electron chi connectivity index (χ4n) is 3.15. The van der Waals surface area contributed by atoms with Gasteiger partial charge in [-0.05, 0) is 18.2 Å². The van der Waals surface area contributed by atoms with Crippen LogP contribution < -0.4 is 10.1 Å². The second-order valence-corrected chi connectivity index (χ2v) is 7.23. The number of carbonyl (C=O) groups is 2. The number of nitrogens with zero attached hydrogens (tertiary/aromatic N) is 1. The van der Waals surface area contributed by atoms with Gasteiger partial charge in [-0.25, -0.2) is 9.18 Å². The van der Waals surface area contributed by atoms with Crippen molar-refractivity contribution in [1.82, 2.24) is 9.88 Å². The summed E-state index contributed by atoms with van der Waals surface area (Å²) in [4.78, 5) is 23.8. The van der Waals surface area contributed by atoms with Crippen molar-refractivity contribution in [3.05, 3.63) is 63.0 Å². The minimum atomic E-state index is -1.29. The number of carboxylic acid groups (broad SMARTS) is 1. The number of methoxy groups -OCH3 is 1. The third-order valence-corrected chi connectivity index (χ3v) is 5.62. The standard InChI is InChI=1S/C20H17Cl2FN2O5/c1-25-14-7-16(30-2)18(22)17(21)11(14)6-15(25)19(27)24-13(8-26)10-4-3-9(20(28)29)5-12(10)23/h3-7,13,26H,8H2,1-2H3,(H,24,27)(H,28,29)/t13-/m1/s1. The molecular formula is C20H17Cl2FN2O5. The van der Waals surface area contributed by atoms with Gasteiger partial charge < -0.3 is 24.8 Å². The van der Waals surface area contributed by atoms with Crippen LogP contribution in [0.4, 0.5) is 4.39 Å². The molecular weight excluding hydrogens is 438 g/mol. The molecule has 2 aromatic carbocycles. The van der Waals surface area contributed by atoms with Gasteiger partial charge in [-0.1, -0.05) is 29.3 Å². The quantitative estimate of drug-likeness (QED) is 0.525. The van der Waals surface area contributed by atoms with Gasteiger partial charge in [-0.2, -0.15) is 0 Å². The number of benzene rings is 2. The minimum absolute atomic E-state index is 0.0441. The summed E-state index contributed by atoms with van der Waals surface area (Å²) in [6.07, 6.45) is 0. The van der Waals surface area contributed by atoms with E-state index in [1.807, 2.05) is 0 Å². The zero-order valence-corrected chi connectivity index (χ0v) is 17.4. The molecule has 0 radical (unpaired) electrons. The number of hydrogen-bond acceptors (Lipinski definition) is 4. The van der Waals surface area contributed by atoms with Crippen LogP contribution in [-0.4, -0.2) is 40.4 Å². The molecule has 1 amide bonds. The van der Waals surface area contributed by atoms with Gasteiger partial charge in [0.25, 0.3) is 5.91 Å². The Hall–Kier alpha value is -2.81. The molecule has 158 valence electrons. The van der Waals surface area contributed by atoms with Crippen LogP contribution in [0.2, 0.25) is 10.0 Å². The highest BCUT2D eigenvalue weighted by Crippen LogP contribution is 2.39. The molecule has 0 bridgehead atoms. The Labute approximate surface area is 180 Å². The highest BCUT2D eigenvalue weighted by atomic mass is 35.5. The molecule has 0 fully saturated rings. The highest BCUT2D eigenvalue weighted by molar-refractivity contribution is 6.46. The number of carboxylic acids is 1. The van der Waals surface area contributed by atoms with Crippen LogP contribution in [0.5, 0.6) is 5.75 Å². The maximum absolute atomic E-state index is 14.4. The van der Waals surface area contributed by atoms with Crippen molar-refractivity contribution >= 4 is 46.0 Å². The average Bonchev–Trinajstić information content (AvgIpc) is 3.05. The van der Waals surface area contributed by atoms with E-state index in [0.29, 0.717) is 16.7 Å². The van der Waals surface area contributed by atoms with Gasteiger partial charge in [0.2, 0.25) is 0 Å². The monoisotopic (exact) mass is 454 g/mol. The summed E-state index contributed by atoms with van der Waals surface area (Å²) < 4.78 is 21.1. The first kappa shape index (κ1) is 21.9. The molecule has 30 heavy (non-hydrogen) atoms. The van der Waals surface area contributed by atoms with Gasteiger partial charge in [-0.15, -0.1) is 0 Å². The number of fused-ring (bicyclic) bond motifs is 1. The molecule has 1 aromatic heterocycles. The van der Waals surface area contributed by atoms with Gasteiger partial charge in [0.1, 0.15) is 22.3 Å². The van der Waals surface area contributed by atoms with E-state index < -0.39 is 30.3 Å². The van der Waals surface area contributed by atoms with Crippen LogP contribution in [-0.2, 0) is 7.05 Å². The lowest BCUT2D eigenvalue weighted by molar-refractivity contribution is 0.0695. The fourth-order valence-corrected chi connectivity index (χ4v) is 3.62. The van der Waals surface area contributed by atoms with E-state index in [1.165, 1.54) is 25.3 Å². The highest BCUT2D eigenvalue weighted by Gasteiger charge is 2.23. The molecule has 0 spiro atoms. The van der Waals surface area contributed by atoms with Gasteiger partial charge >= 0.3 is 5.97 Å². The molecule has 0 saturated heterocycles. The maximum Gasteiger partial charge on any atom is 0.335 e. The van der Waals surface area contributed by atoms with E-state index in [9.17, 15) is 19.1 Å². The number of aliphatic hydroxyl groups excluding tert-OH is 1. The predicted octanol–water partition coefficient (Wildman–Crippen LogP) is 3.79. The lowest BCUT2D eigenvalue weighted by atomic mass is 10.0. The number of amides is 1.